The maximum absolute atomic E-state index is 11.7. The van der Waals surface area contributed by atoms with Crippen molar-refractivity contribution in [1.29, 1.82) is 0 Å². The van der Waals surface area contributed by atoms with Crippen LogP contribution in [-0.4, -0.2) is 53.2 Å². The lowest BCUT2D eigenvalue weighted by atomic mass is 9.91. The Hall–Kier alpha value is -0.850. The number of alkyl carbamates (subject to hydrolysis) is 1. The van der Waals surface area contributed by atoms with Gasteiger partial charge in [0.15, 0.2) is 0 Å². The Balaban J connectivity index is 2.27. The van der Waals surface area contributed by atoms with Crippen LogP contribution in [0.15, 0.2) is 0 Å². The Morgan fingerprint density at radius 1 is 1.15 bits per heavy atom. The normalized spacial score (nSPS) is 23.7. The summed E-state index contributed by atoms with van der Waals surface area (Å²) in [5, 5.41) is 24.2. The van der Waals surface area contributed by atoms with Crippen LogP contribution in [0, 0.1) is 0 Å². The number of amides is 1. The molecule has 118 valence electrons. The average Bonchev–Trinajstić information content (AvgIpc) is 2.35. The van der Waals surface area contributed by atoms with Gasteiger partial charge in [-0.05, 0) is 46.5 Å². The second-order valence-corrected chi connectivity index (χ2v) is 6.42. The molecule has 1 fully saturated rings. The van der Waals surface area contributed by atoms with Gasteiger partial charge in [0.2, 0.25) is 0 Å². The summed E-state index contributed by atoms with van der Waals surface area (Å²) < 4.78 is 5.23. The Morgan fingerprint density at radius 2 is 1.65 bits per heavy atom. The molecule has 0 aromatic rings. The van der Waals surface area contributed by atoms with E-state index in [4.69, 9.17) is 14.9 Å². The van der Waals surface area contributed by atoms with Crippen molar-refractivity contribution in [3.63, 3.8) is 0 Å². The highest BCUT2D eigenvalue weighted by Gasteiger charge is 2.25. The minimum absolute atomic E-state index is 0.0629. The van der Waals surface area contributed by atoms with E-state index in [0.29, 0.717) is 0 Å². The standard InChI is InChI=1S/C14H28N2O4/c1-14(2,3)20-13(19)16-11-6-4-10(5-7-11)15-12(8-17)9-18/h10-12,15,17-18H,4-9H2,1-3H3,(H,16,19). The Morgan fingerprint density at radius 3 is 2.10 bits per heavy atom. The molecule has 0 aromatic carbocycles. The molecule has 1 saturated carbocycles. The maximum Gasteiger partial charge on any atom is 0.407 e. The van der Waals surface area contributed by atoms with E-state index in [1.807, 2.05) is 20.8 Å². The second kappa shape index (κ2) is 7.81. The number of rotatable bonds is 5. The molecule has 4 N–H and O–H groups in total. The van der Waals surface area contributed by atoms with Crippen LogP contribution in [0.3, 0.4) is 0 Å². The molecule has 20 heavy (non-hydrogen) atoms. The fraction of sp³-hybridized carbons (Fsp3) is 0.929. The monoisotopic (exact) mass is 288 g/mol. The zero-order valence-corrected chi connectivity index (χ0v) is 12.7. The molecule has 0 aromatic heterocycles. The van der Waals surface area contributed by atoms with Crippen molar-refractivity contribution in [2.45, 2.75) is 70.2 Å². The van der Waals surface area contributed by atoms with Crippen LogP contribution in [0.4, 0.5) is 4.79 Å². The van der Waals surface area contributed by atoms with E-state index in [-0.39, 0.29) is 37.4 Å². The van der Waals surface area contributed by atoms with Crippen molar-refractivity contribution < 1.29 is 19.7 Å². The van der Waals surface area contributed by atoms with E-state index in [0.717, 1.165) is 25.7 Å². The molecule has 0 saturated heterocycles. The maximum atomic E-state index is 11.7. The van der Waals surface area contributed by atoms with Gasteiger partial charge in [0.1, 0.15) is 5.60 Å². The second-order valence-electron chi connectivity index (χ2n) is 6.42. The third-order valence-electron chi connectivity index (χ3n) is 3.36. The van der Waals surface area contributed by atoms with Gasteiger partial charge in [-0.3, -0.25) is 0 Å². The van der Waals surface area contributed by atoms with Gasteiger partial charge >= 0.3 is 6.09 Å². The molecule has 0 unspecified atom stereocenters. The quantitative estimate of drug-likeness (QED) is 0.600. The predicted octanol–water partition coefficient (Wildman–Crippen LogP) is 0.765. The molecule has 0 atom stereocenters. The molecule has 1 amide bonds. The molecule has 0 bridgehead atoms. The van der Waals surface area contributed by atoms with Crippen molar-refractivity contribution in [2.75, 3.05) is 13.2 Å². The summed E-state index contributed by atoms with van der Waals surface area (Å²) >= 11 is 0. The predicted molar refractivity (Wildman–Crippen MR) is 76.5 cm³/mol. The Bertz CT molecular complexity index is 292. The lowest BCUT2D eigenvalue weighted by Gasteiger charge is -2.32. The third-order valence-corrected chi connectivity index (χ3v) is 3.36. The molecule has 6 nitrogen and oxygen atoms in total. The minimum atomic E-state index is -0.474. The van der Waals surface area contributed by atoms with Gasteiger partial charge in [0.05, 0.1) is 19.3 Å². The largest absolute Gasteiger partial charge is 0.444 e. The summed E-state index contributed by atoms with van der Waals surface area (Å²) in [6, 6.07) is 0.177. The molecule has 0 spiro atoms. The van der Waals surface area contributed by atoms with E-state index >= 15 is 0 Å². The third kappa shape index (κ3) is 6.54. The first-order chi connectivity index (χ1) is 9.34. The zero-order valence-electron chi connectivity index (χ0n) is 12.7. The number of ether oxygens (including phenoxy) is 1. The number of carbonyl (C=O) groups is 1. The number of carbonyl (C=O) groups excluding carboxylic acids is 1. The van der Waals surface area contributed by atoms with Crippen molar-refractivity contribution in [2.24, 2.45) is 0 Å². The van der Waals surface area contributed by atoms with Crippen molar-refractivity contribution in [1.82, 2.24) is 10.6 Å². The molecular formula is C14H28N2O4. The molecule has 0 heterocycles. The van der Waals surface area contributed by atoms with Crippen molar-refractivity contribution >= 4 is 6.09 Å². The molecule has 0 aliphatic heterocycles. The SMILES string of the molecule is CC(C)(C)OC(=O)NC1CCC(NC(CO)CO)CC1. The van der Waals surface area contributed by atoms with Crippen molar-refractivity contribution in [3.05, 3.63) is 0 Å². The summed E-state index contributed by atoms with van der Waals surface area (Å²) in [7, 11) is 0. The molecule has 1 aliphatic carbocycles. The summed E-state index contributed by atoms with van der Waals surface area (Å²) in [6.07, 6.45) is 3.21. The van der Waals surface area contributed by atoms with Gasteiger partial charge < -0.3 is 25.6 Å². The lowest BCUT2D eigenvalue weighted by Crippen LogP contribution is -2.48. The summed E-state index contributed by atoms with van der Waals surface area (Å²) in [6.45, 7) is 5.41. The first-order valence-electron chi connectivity index (χ1n) is 7.31. The first-order valence-corrected chi connectivity index (χ1v) is 7.31. The topological polar surface area (TPSA) is 90.8 Å². The highest BCUT2D eigenvalue weighted by molar-refractivity contribution is 5.68. The van der Waals surface area contributed by atoms with Crippen LogP contribution in [0.25, 0.3) is 0 Å². The lowest BCUT2D eigenvalue weighted by molar-refractivity contribution is 0.0488. The van der Waals surface area contributed by atoms with E-state index in [2.05, 4.69) is 10.6 Å². The molecule has 0 radical (unpaired) electrons. The van der Waals surface area contributed by atoms with E-state index in [1.54, 1.807) is 0 Å². The number of hydrogen-bond acceptors (Lipinski definition) is 5. The smallest absolute Gasteiger partial charge is 0.407 e. The fourth-order valence-electron chi connectivity index (χ4n) is 2.38. The zero-order chi connectivity index (χ0) is 15.2. The van der Waals surface area contributed by atoms with Crippen LogP contribution in [-0.2, 0) is 4.74 Å². The van der Waals surface area contributed by atoms with E-state index in [1.165, 1.54) is 0 Å². The Kier molecular flexibility index (Phi) is 6.71. The van der Waals surface area contributed by atoms with Crippen LogP contribution in [0.1, 0.15) is 46.5 Å². The number of aliphatic hydroxyl groups is 2. The Labute approximate surface area is 120 Å². The van der Waals surface area contributed by atoms with E-state index < -0.39 is 5.60 Å². The number of hydrogen-bond donors (Lipinski definition) is 4. The van der Waals surface area contributed by atoms with Gasteiger partial charge in [-0.1, -0.05) is 0 Å². The van der Waals surface area contributed by atoms with Crippen LogP contribution in [0.2, 0.25) is 0 Å². The molecule has 1 rings (SSSR count). The molecule has 1 aliphatic rings. The summed E-state index contributed by atoms with van der Waals surface area (Å²) in [5.41, 5.74) is -0.474. The fourth-order valence-corrected chi connectivity index (χ4v) is 2.38. The van der Waals surface area contributed by atoms with Crippen LogP contribution >= 0.6 is 0 Å². The first kappa shape index (κ1) is 17.2. The van der Waals surface area contributed by atoms with Gasteiger partial charge in [-0.2, -0.15) is 0 Å². The summed E-state index contributed by atoms with van der Waals surface area (Å²) in [4.78, 5) is 11.7. The molecule has 6 heteroatoms. The van der Waals surface area contributed by atoms with Gasteiger partial charge in [-0.25, -0.2) is 4.79 Å². The van der Waals surface area contributed by atoms with Crippen molar-refractivity contribution in [3.8, 4) is 0 Å². The van der Waals surface area contributed by atoms with Gasteiger partial charge in [0, 0.05) is 12.1 Å². The highest BCUT2D eigenvalue weighted by Crippen LogP contribution is 2.19. The van der Waals surface area contributed by atoms with Gasteiger partial charge in [-0.15, -0.1) is 0 Å². The molecular weight excluding hydrogens is 260 g/mol. The van der Waals surface area contributed by atoms with Gasteiger partial charge in [0.25, 0.3) is 0 Å². The highest BCUT2D eigenvalue weighted by atomic mass is 16.6. The number of aliphatic hydroxyl groups excluding tert-OH is 2. The average molecular weight is 288 g/mol. The van der Waals surface area contributed by atoms with Crippen LogP contribution in [0.5, 0.6) is 0 Å². The van der Waals surface area contributed by atoms with E-state index in [9.17, 15) is 4.79 Å². The summed E-state index contributed by atoms with van der Waals surface area (Å²) in [5.74, 6) is 0. The van der Waals surface area contributed by atoms with Crippen LogP contribution < -0.4 is 10.6 Å². The minimum Gasteiger partial charge on any atom is -0.444 e. The number of nitrogens with one attached hydrogen (secondary N) is 2.